The molecule has 7 nitrogen and oxygen atoms in total. The summed E-state index contributed by atoms with van der Waals surface area (Å²) in [7, 11) is 0. The van der Waals surface area contributed by atoms with Crippen molar-refractivity contribution in [3.05, 3.63) is 95.6 Å². The third-order valence-electron chi connectivity index (χ3n) is 7.26. The van der Waals surface area contributed by atoms with E-state index in [0.29, 0.717) is 13.3 Å². The van der Waals surface area contributed by atoms with Crippen LogP contribution < -0.4 is 5.32 Å². The molecule has 0 unspecified atom stereocenters. The number of nitrogens with one attached hydrogen (secondary N) is 1. The predicted octanol–water partition coefficient (Wildman–Crippen LogP) is 6.93. The molecule has 0 bridgehead atoms. The van der Waals surface area contributed by atoms with Gasteiger partial charge in [0.2, 0.25) is 0 Å². The van der Waals surface area contributed by atoms with Gasteiger partial charge >= 0.3 is 18.0 Å². The number of benzene rings is 3. The molecular formula is C34H39NO6. The van der Waals surface area contributed by atoms with E-state index >= 15 is 0 Å². The zero-order valence-electron chi connectivity index (χ0n) is 24.6. The van der Waals surface area contributed by atoms with Gasteiger partial charge in [0.05, 0.1) is 0 Å². The molecule has 3 aromatic rings. The molecule has 0 fully saturated rings. The lowest BCUT2D eigenvalue weighted by molar-refractivity contribution is -0.158. The van der Waals surface area contributed by atoms with Gasteiger partial charge in [-0.3, -0.25) is 4.79 Å². The number of alkyl carbamates (subject to hydrolysis) is 1. The molecule has 3 aromatic carbocycles. The topological polar surface area (TPSA) is 90.9 Å². The Balaban J connectivity index is 1.36. The minimum atomic E-state index is -1.25. The lowest BCUT2D eigenvalue weighted by Gasteiger charge is -2.24. The highest BCUT2D eigenvalue weighted by Gasteiger charge is 2.33. The number of amides is 1. The average molecular weight is 559 g/mol. The van der Waals surface area contributed by atoms with Crippen molar-refractivity contribution in [2.45, 2.75) is 77.0 Å². The first-order chi connectivity index (χ1) is 20.5. The summed E-state index contributed by atoms with van der Waals surface area (Å²) in [6.45, 7) is 2.07. The largest absolute Gasteiger partial charge is 0.460 e. The van der Waals surface area contributed by atoms with E-state index in [1.807, 2.05) is 66.7 Å². The zero-order chi connectivity index (χ0) is 29.7. The molecule has 216 valence electrons. The molecule has 1 amide bonds. The van der Waals surface area contributed by atoms with Gasteiger partial charge in [0.25, 0.3) is 0 Å². The number of hydrogen-bond donors (Lipinski definition) is 1. The van der Waals surface area contributed by atoms with Crippen molar-refractivity contribution in [2.24, 2.45) is 0 Å². The summed E-state index contributed by atoms with van der Waals surface area (Å²) in [5.74, 6) is -1.30. The third-order valence-corrected chi connectivity index (χ3v) is 7.26. The van der Waals surface area contributed by atoms with Crippen molar-refractivity contribution in [1.82, 2.24) is 5.32 Å². The van der Waals surface area contributed by atoms with Gasteiger partial charge in [0.1, 0.15) is 19.3 Å². The first kappa shape index (κ1) is 28.4. The van der Waals surface area contributed by atoms with Crippen LogP contribution in [-0.2, 0) is 30.4 Å². The highest BCUT2D eigenvalue weighted by Crippen LogP contribution is 2.44. The van der Waals surface area contributed by atoms with Crippen LogP contribution in [0.1, 0.15) is 76.3 Å². The molecule has 0 spiro atoms. The zero-order valence-corrected chi connectivity index (χ0v) is 23.6. The van der Waals surface area contributed by atoms with Crippen LogP contribution in [0.15, 0.2) is 78.9 Å². The van der Waals surface area contributed by atoms with Crippen molar-refractivity contribution in [2.75, 3.05) is 6.61 Å². The van der Waals surface area contributed by atoms with Crippen LogP contribution in [0.2, 0.25) is 0 Å². The Kier molecular flexibility index (Phi) is 10.4. The summed E-state index contributed by atoms with van der Waals surface area (Å²) >= 11 is 0. The summed E-state index contributed by atoms with van der Waals surface area (Å²) in [5.41, 5.74) is 5.17. The van der Waals surface area contributed by atoms with Gasteiger partial charge < -0.3 is 19.5 Å². The third kappa shape index (κ3) is 8.19. The van der Waals surface area contributed by atoms with Crippen molar-refractivity contribution >= 4 is 18.0 Å². The molecule has 1 N–H and O–H groups in total. The highest BCUT2D eigenvalue weighted by atomic mass is 16.6. The first-order valence-electron chi connectivity index (χ1n) is 15.0. The standard InChI is InChI=1S/C34H39NO6/c1-3-4-5-6-10-21-31(36)41-24(2)32(33(37)39-22-25-15-8-7-9-16-25)35-34(38)40-23-30-28-19-13-11-17-26(28)27-18-12-14-20-29(27)30/h7-9,11-20,24,30,32H,3-6,10,21-23H2,1-2H3,(H,35,38)/t24-,32+/m1/s1/i1D. The Bertz CT molecular complexity index is 1280. The van der Waals surface area contributed by atoms with Crippen LogP contribution in [0.4, 0.5) is 4.79 Å². The highest BCUT2D eigenvalue weighted by molar-refractivity contribution is 5.83. The molecule has 4 rings (SSSR count). The van der Waals surface area contributed by atoms with E-state index in [-0.39, 0.29) is 25.6 Å². The normalized spacial score (nSPS) is 13.7. The van der Waals surface area contributed by atoms with Gasteiger partial charge in [0.15, 0.2) is 6.04 Å². The Labute approximate surface area is 243 Å². The fraction of sp³-hybridized carbons (Fsp3) is 0.382. The van der Waals surface area contributed by atoms with Crippen molar-refractivity contribution < 1.29 is 30.0 Å². The fourth-order valence-electron chi connectivity index (χ4n) is 5.09. The van der Waals surface area contributed by atoms with E-state index < -0.39 is 30.2 Å². The molecule has 0 saturated heterocycles. The first-order valence-corrected chi connectivity index (χ1v) is 14.3. The van der Waals surface area contributed by atoms with Crippen LogP contribution in [0.5, 0.6) is 0 Å². The summed E-state index contributed by atoms with van der Waals surface area (Å²) in [6, 6.07) is 24.0. The van der Waals surface area contributed by atoms with Gasteiger partial charge in [-0.25, -0.2) is 9.59 Å². The number of hydrogen-bond acceptors (Lipinski definition) is 6. The number of ether oxygens (including phenoxy) is 3. The van der Waals surface area contributed by atoms with E-state index in [1.54, 1.807) is 6.92 Å². The molecule has 0 radical (unpaired) electrons. The summed E-state index contributed by atoms with van der Waals surface area (Å²) in [5, 5.41) is 2.59. The number of rotatable bonds is 14. The summed E-state index contributed by atoms with van der Waals surface area (Å²) in [4.78, 5) is 38.6. The number of carbonyl (C=O) groups excluding carboxylic acids is 3. The van der Waals surface area contributed by atoms with E-state index in [2.05, 4.69) is 17.4 Å². The molecule has 2 atom stereocenters. The van der Waals surface area contributed by atoms with Crippen molar-refractivity contribution in [1.29, 1.82) is 0 Å². The quantitative estimate of drug-likeness (QED) is 0.131. The van der Waals surface area contributed by atoms with Gasteiger partial charge in [-0.1, -0.05) is 111 Å². The molecule has 0 aromatic heterocycles. The number of unbranched alkanes of at least 4 members (excludes halogenated alkanes) is 4. The summed E-state index contributed by atoms with van der Waals surface area (Å²) in [6.07, 6.45) is 2.75. The van der Waals surface area contributed by atoms with E-state index in [9.17, 15) is 14.4 Å². The van der Waals surface area contributed by atoms with E-state index in [4.69, 9.17) is 15.6 Å². The van der Waals surface area contributed by atoms with Crippen LogP contribution in [0.3, 0.4) is 0 Å². The molecule has 1 aliphatic rings. The average Bonchev–Trinajstić information content (AvgIpc) is 3.33. The Morgan fingerprint density at radius 3 is 2.15 bits per heavy atom. The van der Waals surface area contributed by atoms with Crippen molar-refractivity contribution in [3.8, 4) is 11.1 Å². The molecular weight excluding hydrogens is 518 g/mol. The maximum atomic E-state index is 13.1. The van der Waals surface area contributed by atoms with E-state index in [0.717, 1.165) is 53.5 Å². The minimum absolute atomic E-state index is 0.0154. The van der Waals surface area contributed by atoms with Gasteiger partial charge in [-0.2, -0.15) is 0 Å². The van der Waals surface area contributed by atoms with Gasteiger partial charge in [0, 0.05) is 13.7 Å². The predicted molar refractivity (Wildman–Crippen MR) is 157 cm³/mol. The fourth-order valence-corrected chi connectivity index (χ4v) is 5.09. The summed E-state index contributed by atoms with van der Waals surface area (Å²) < 4.78 is 23.9. The second kappa shape index (κ2) is 15.0. The molecule has 0 aliphatic heterocycles. The molecule has 41 heavy (non-hydrogen) atoms. The maximum absolute atomic E-state index is 13.1. The number of esters is 2. The Morgan fingerprint density at radius 1 is 0.829 bits per heavy atom. The minimum Gasteiger partial charge on any atom is -0.460 e. The Morgan fingerprint density at radius 2 is 1.46 bits per heavy atom. The van der Waals surface area contributed by atoms with Crippen LogP contribution in [-0.4, -0.2) is 36.8 Å². The molecule has 1 aliphatic carbocycles. The van der Waals surface area contributed by atoms with Crippen LogP contribution >= 0.6 is 0 Å². The maximum Gasteiger partial charge on any atom is 0.407 e. The Hall–Kier alpha value is -4.13. The molecule has 7 heteroatoms. The van der Waals surface area contributed by atoms with Crippen LogP contribution in [0.25, 0.3) is 11.1 Å². The van der Waals surface area contributed by atoms with Crippen molar-refractivity contribution in [3.63, 3.8) is 0 Å². The van der Waals surface area contributed by atoms with E-state index in [1.165, 1.54) is 0 Å². The SMILES string of the molecule is [2H]CCCCCCCC(=O)O[C@H](C)[C@H](NC(=O)OCC1c2ccccc2-c2ccccc21)C(=O)OCc1ccccc1. The molecule has 0 saturated carbocycles. The number of fused-ring (bicyclic) bond motifs is 3. The second-order valence-electron chi connectivity index (χ2n) is 10.3. The van der Waals surface area contributed by atoms with Gasteiger partial charge in [-0.15, -0.1) is 0 Å². The molecule has 0 heterocycles. The van der Waals surface area contributed by atoms with Gasteiger partial charge in [-0.05, 0) is 41.2 Å². The monoisotopic (exact) mass is 558 g/mol. The lowest BCUT2D eigenvalue weighted by Crippen LogP contribution is -2.50. The number of carbonyl (C=O) groups is 3. The second-order valence-corrected chi connectivity index (χ2v) is 10.3. The lowest BCUT2D eigenvalue weighted by atomic mass is 9.98. The van der Waals surface area contributed by atoms with Crippen LogP contribution in [0, 0.1) is 0 Å². The smallest absolute Gasteiger partial charge is 0.407 e.